The summed E-state index contributed by atoms with van der Waals surface area (Å²) in [5, 5.41) is 3.40. The van der Waals surface area contributed by atoms with Crippen molar-refractivity contribution in [2.24, 2.45) is 0 Å². The zero-order valence-corrected chi connectivity index (χ0v) is 9.75. The second-order valence-electron chi connectivity index (χ2n) is 4.48. The molecule has 2 nitrogen and oxygen atoms in total. The van der Waals surface area contributed by atoms with Crippen LogP contribution in [0, 0.1) is 5.82 Å². The van der Waals surface area contributed by atoms with Crippen molar-refractivity contribution in [2.45, 2.75) is 25.9 Å². The van der Waals surface area contributed by atoms with E-state index in [2.05, 4.69) is 17.1 Å². The molecule has 88 valence electrons. The highest BCUT2D eigenvalue weighted by Gasteiger charge is 2.16. The number of benzene rings is 1. The summed E-state index contributed by atoms with van der Waals surface area (Å²) >= 11 is 0. The van der Waals surface area contributed by atoms with Gasteiger partial charge in [0.25, 0.3) is 0 Å². The highest BCUT2D eigenvalue weighted by molar-refractivity contribution is 5.16. The van der Waals surface area contributed by atoms with Gasteiger partial charge in [-0.25, -0.2) is 4.39 Å². The number of nitrogens with zero attached hydrogens (tertiary/aromatic N) is 1. The van der Waals surface area contributed by atoms with Gasteiger partial charge in [0.05, 0.1) is 0 Å². The summed E-state index contributed by atoms with van der Waals surface area (Å²) in [6.45, 7) is 6.39. The standard InChI is InChI=1S/C13H19FN2/c1-11-6-7-15-8-9-16(11)10-12-2-4-13(14)5-3-12/h2-5,11,15H,6-10H2,1H3. The van der Waals surface area contributed by atoms with Crippen LogP contribution in [0.1, 0.15) is 18.9 Å². The molecule has 3 heteroatoms. The van der Waals surface area contributed by atoms with Crippen molar-refractivity contribution in [1.82, 2.24) is 10.2 Å². The van der Waals surface area contributed by atoms with Gasteiger partial charge < -0.3 is 5.32 Å². The molecule has 2 rings (SSSR count). The van der Waals surface area contributed by atoms with Crippen LogP contribution in [-0.4, -0.2) is 30.6 Å². The number of rotatable bonds is 2. The first-order valence-electron chi connectivity index (χ1n) is 5.95. The molecule has 0 saturated carbocycles. The molecular weight excluding hydrogens is 203 g/mol. The van der Waals surface area contributed by atoms with Gasteiger partial charge in [0.15, 0.2) is 0 Å². The van der Waals surface area contributed by atoms with Gasteiger partial charge in [-0.05, 0) is 37.6 Å². The fourth-order valence-electron chi connectivity index (χ4n) is 2.12. The van der Waals surface area contributed by atoms with E-state index in [-0.39, 0.29) is 5.82 Å². The van der Waals surface area contributed by atoms with Crippen LogP contribution in [0.4, 0.5) is 4.39 Å². The van der Waals surface area contributed by atoms with Crippen molar-refractivity contribution in [3.05, 3.63) is 35.6 Å². The molecule has 0 aliphatic carbocycles. The first-order chi connectivity index (χ1) is 7.75. The number of nitrogens with one attached hydrogen (secondary N) is 1. The Hall–Kier alpha value is -0.930. The van der Waals surface area contributed by atoms with E-state index in [4.69, 9.17) is 0 Å². The molecule has 1 aromatic rings. The summed E-state index contributed by atoms with van der Waals surface area (Å²) in [5.41, 5.74) is 1.19. The normalized spacial score (nSPS) is 23.0. The molecule has 16 heavy (non-hydrogen) atoms. The van der Waals surface area contributed by atoms with Crippen LogP contribution in [-0.2, 0) is 6.54 Å². The summed E-state index contributed by atoms with van der Waals surface area (Å²) < 4.78 is 12.8. The average molecular weight is 222 g/mol. The lowest BCUT2D eigenvalue weighted by molar-refractivity contribution is 0.211. The smallest absolute Gasteiger partial charge is 0.123 e. The van der Waals surface area contributed by atoms with Crippen LogP contribution in [0.5, 0.6) is 0 Å². The summed E-state index contributed by atoms with van der Waals surface area (Å²) in [6, 6.07) is 7.42. The van der Waals surface area contributed by atoms with Crippen molar-refractivity contribution in [1.29, 1.82) is 0 Å². The van der Waals surface area contributed by atoms with E-state index in [0.29, 0.717) is 6.04 Å². The molecule has 1 atom stereocenters. The Balaban J connectivity index is 1.99. The van der Waals surface area contributed by atoms with E-state index in [1.165, 1.54) is 24.1 Å². The molecule has 1 heterocycles. The minimum absolute atomic E-state index is 0.158. The lowest BCUT2D eigenvalue weighted by Crippen LogP contribution is -2.33. The summed E-state index contributed by atoms with van der Waals surface area (Å²) in [4.78, 5) is 2.45. The van der Waals surface area contributed by atoms with E-state index < -0.39 is 0 Å². The Morgan fingerprint density at radius 2 is 2.06 bits per heavy atom. The Morgan fingerprint density at radius 3 is 2.81 bits per heavy atom. The van der Waals surface area contributed by atoms with E-state index >= 15 is 0 Å². The van der Waals surface area contributed by atoms with Crippen LogP contribution in [0.2, 0.25) is 0 Å². The molecule has 1 aromatic carbocycles. The minimum Gasteiger partial charge on any atom is -0.315 e. The quantitative estimate of drug-likeness (QED) is 0.823. The summed E-state index contributed by atoms with van der Waals surface area (Å²) in [6.07, 6.45) is 1.18. The van der Waals surface area contributed by atoms with Gasteiger partial charge in [0, 0.05) is 25.7 Å². The van der Waals surface area contributed by atoms with Gasteiger partial charge in [-0.2, -0.15) is 0 Å². The van der Waals surface area contributed by atoms with Crippen molar-refractivity contribution >= 4 is 0 Å². The number of hydrogen-bond donors (Lipinski definition) is 1. The maximum Gasteiger partial charge on any atom is 0.123 e. The van der Waals surface area contributed by atoms with Gasteiger partial charge in [-0.3, -0.25) is 4.90 Å². The van der Waals surface area contributed by atoms with Gasteiger partial charge >= 0.3 is 0 Å². The third-order valence-electron chi connectivity index (χ3n) is 3.24. The van der Waals surface area contributed by atoms with E-state index in [0.717, 1.165) is 26.2 Å². The Labute approximate surface area is 96.5 Å². The van der Waals surface area contributed by atoms with Gasteiger partial charge in [0.1, 0.15) is 5.82 Å². The average Bonchev–Trinajstić information content (AvgIpc) is 2.48. The van der Waals surface area contributed by atoms with Crippen molar-refractivity contribution in [3.63, 3.8) is 0 Å². The maximum absolute atomic E-state index is 12.8. The Morgan fingerprint density at radius 1 is 1.31 bits per heavy atom. The molecule has 0 bridgehead atoms. The molecule has 1 N–H and O–H groups in total. The lowest BCUT2D eigenvalue weighted by Gasteiger charge is -2.26. The number of halogens is 1. The highest BCUT2D eigenvalue weighted by Crippen LogP contribution is 2.12. The van der Waals surface area contributed by atoms with Crippen LogP contribution < -0.4 is 5.32 Å². The van der Waals surface area contributed by atoms with E-state index in [9.17, 15) is 4.39 Å². The molecule has 1 fully saturated rings. The SMILES string of the molecule is CC1CCNCCN1Cc1ccc(F)cc1. The fraction of sp³-hybridized carbons (Fsp3) is 0.538. The number of hydrogen-bond acceptors (Lipinski definition) is 2. The zero-order valence-electron chi connectivity index (χ0n) is 9.75. The molecule has 0 radical (unpaired) electrons. The minimum atomic E-state index is -0.158. The topological polar surface area (TPSA) is 15.3 Å². The predicted octanol–water partition coefficient (Wildman–Crippen LogP) is 2.01. The van der Waals surface area contributed by atoms with E-state index in [1.54, 1.807) is 0 Å². The molecule has 1 aliphatic heterocycles. The Bertz CT molecular complexity index is 323. The predicted molar refractivity (Wildman–Crippen MR) is 63.8 cm³/mol. The Kier molecular flexibility index (Phi) is 3.91. The second kappa shape index (κ2) is 5.41. The molecular formula is C13H19FN2. The van der Waals surface area contributed by atoms with Crippen LogP contribution in [0.25, 0.3) is 0 Å². The fourth-order valence-corrected chi connectivity index (χ4v) is 2.12. The summed E-state index contributed by atoms with van der Waals surface area (Å²) in [7, 11) is 0. The molecule has 1 unspecified atom stereocenters. The van der Waals surface area contributed by atoms with Crippen molar-refractivity contribution < 1.29 is 4.39 Å². The third-order valence-corrected chi connectivity index (χ3v) is 3.24. The van der Waals surface area contributed by atoms with Crippen LogP contribution >= 0.6 is 0 Å². The molecule has 1 aliphatic rings. The molecule has 0 spiro atoms. The molecule has 0 aromatic heterocycles. The van der Waals surface area contributed by atoms with Crippen LogP contribution in [0.15, 0.2) is 24.3 Å². The molecule has 1 saturated heterocycles. The van der Waals surface area contributed by atoms with E-state index in [1.807, 2.05) is 12.1 Å². The summed E-state index contributed by atoms with van der Waals surface area (Å²) in [5.74, 6) is -0.158. The van der Waals surface area contributed by atoms with Gasteiger partial charge in [-0.1, -0.05) is 12.1 Å². The van der Waals surface area contributed by atoms with Crippen molar-refractivity contribution in [2.75, 3.05) is 19.6 Å². The first-order valence-corrected chi connectivity index (χ1v) is 5.95. The lowest BCUT2D eigenvalue weighted by atomic mass is 10.1. The maximum atomic E-state index is 12.8. The largest absolute Gasteiger partial charge is 0.315 e. The van der Waals surface area contributed by atoms with Crippen molar-refractivity contribution in [3.8, 4) is 0 Å². The molecule has 0 amide bonds. The third kappa shape index (κ3) is 3.03. The van der Waals surface area contributed by atoms with Crippen LogP contribution in [0.3, 0.4) is 0 Å². The van der Waals surface area contributed by atoms with Gasteiger partial charge in [-0.15, -0.1) is 0 Å². The monoisotopic (exact) mass is 222 g/mol. The highest BCUT2D eigenvalue weighted by atomic mass is 19.1. The first kappa shape index (κ1) is 11.6. The van der Waals surface area contributed by atoms with Gasteiger partial charge in [0.2, 0.25) is 0 Å². The second-order valence-corrected chi connectivity index (χ2v) is 4.48. The zero-order chi connectivity index (χ0) is 11.4.